The summed E-state index contributed by atoms with van der Waals surface area (Å²) in [4.78, 5) is 0. The summed E-state index contributed by atoms with van der Waals surface area (Å²) in [6.45, 7) is 1.74. The number of nitrogens with zero attached hydrogens (tertiary/aromatic N) is 1. The Balaban J connectivity index is 2.64. The van der Waals surface area contributed by atoms with Gasteiger partial charge in [0.25, 0.3) is 0 Å². The molecule has 0 fully saturated rings. The van der Waals surface area contributed by atoms with Crippen LogP contribution in [0.4, 0.5) is 10.3 Å². The van der Waals surface area contributed by atoms with E-state index in [4.69, 9.17) is 21.9 Å². The molecule has 2 aromatic rings. The number of nitrogen functional groups attached to an aromatic ring is 1. The van der Waals surface area contributed by atoms with Crippen LogP contribution in [0.5, 0.6) is 0 Å². The summed E-state index contributed by atoms with van der Waals surface area (Å²) >= 11 is 5.90. The summed E-state index contributed by atoms with van der Waals surface area (Å²) in [6, 6.07) is 4.09. The average molecular weight is 227 g/mol. The molecule has 1 aromatic carbocycles. The van der Waals surface area contributed by atoms with Crippen LogP contribution in [-0.4, -0.2) is 5.16 Å². The Morgan fingerprint density at radius 3 is 2.73 bits per heavy atom. The molecule has 0 amide bonds. The molecule has 5 heteroatoms. The minimum atomic E-state index is -0.392. The maximum absolute atomic E-state index is 12.8. The van der Waals surface area contributed by atoms with Gasteiger partial charge < -0.3 is 10.3 Å². The second-order valence-corrected chi connectivity index (χ2v) is 3.54. The standard InChI is InChI=1S/C10H8ClFN2O/c1-5-9(10(13)15-14-5)7-3-2-6(12)4-8(7)11/h2-4H,13H2,1H3. The number of nitrogens with two attached hydrogens (primary N) is 1. The summed E-state index contributed by atoms with van der Waals surface area (Å²) < 4.78 is 17.6. The van der Waals surface area contributed by atoms with Crippen molar-refractivity contribution in [2.75, 3.05) is 5.73 Å². The first-order chi connectivity index (χ1) is 7.09. The maximum Gasteiger partial charge on any atom is 0.230 e. The largest absolute Gasteiger partial charge is 0.367 e. The Bertz CT molecular complexity index is 491. The van der Waals surface area contributed by atoms with Crippen molar-refractivity contribution in [3.8, 4) is 11.1 Å². The van der Waals surface area contributed by atoms with Crippen molar-refractivity contribution in [2.45, 2.75) is 6.92 Å². The van der Waals surface area contributed by atoms with Crippen molar-refractivity contribution in [3.05, 3.63) is 34.7 Å². The molecule has 3 nitrogen and oxygen atoms in total. The highest BCUT2D eigenvalue weighted by Crippen LogP contribution is 2.34. The van der Waals surface area contributed by atoms with E-state index in [0.717, 1.165) is 0 Å². The molecule has 0 radical (unpaired) electrons. The molecule has 0 saturated heterocycles. The van der Waals surface area contributed by atoms with Crippen LogP contribution in [0.3, 0.4) is 0 Å². The molecule has 2 rings (SSSR count). The van der Waals surface area contributed by atoms with Crippen molar-refractivity contribution in [1.82, 2.24) is 5.16 Å². The number of benzene rings is 1. The molecule has 0 aliphatic heterocycles. The van der Waals surface area contributed by atoms with Crippen LogP contribution in [-0.2, 0) is 0 Å². The first-order valence-electron chi connectivity index (χ1n) is 4.26. The Labute approximate surface area is 90.6 Å². The monoisotopic (exact) mass is 226 g/mol. The summed E-state index contributed by atoms with van der Waals surface area (Å²) in [7, 11) is 0. The SMILES string of the molecule is Cc1noc(N)c1-c1ccc(F)cc1Cl. The normalized spacial score (nSPS) is 10.6. The molecule has 15 heavy (non-hydrogen) atoms. The number of aromatic nitrogens is 1. The van der Waals surface area contributed by atoms with Crippen LogP contribution in [0.15, 0.2) is 22.7 Å². The number of hydrogen-bond acceptors (Lipinski definition) is 3. The lowest BCUT2D eigenvalue weighted by Crippen LogP contribution is -1.88. The molecule has 2 N–H and O–H groups in total. The molecule has 1 heterocycles. The van der Waals surface area contributed by atoms with E-state index in [-0.39, 0.29) is 10.9 Å². The van der Waals surface area contributed by atoms with Gasteiger partial charge >= 0.3 is 0 Å². The first kappa shape index (κ1) is 9.98. The molecule has 0 atom stereocenters. The van der Waals surface area contributed by atoms with Crippen LogP contribution in [0.1, 0.15) is 5.69 Å². The van der Waals surface area contributed by atoms with E-state index in [2.05, 4.69) is 5.16 Å². The molecule has 0 aliphatic rings. The number of rotatable bonds is 1. The highest BCUT2D eigenvalue weighted by Gasteiger charge is 2.15. The van der Waals surface area contributed by atoms with Crippen molar-refractivity contribution in [1.29, 1.82) is 0 Å². The third-order valence-corrected chi connectivity index (χ3v) is 2.40. The lowest BCUT2D eigenvalue weighted by atomic mass is 10.1. The molecular weight excluding hydrogens is 219 g/mol. The molecule has 0 aliphatic carbocycles. The number of halogens is 2. The zero-order chi connectivity index (χ0) is 11.0. The Hall–Kier alpha value is -1.55. The second-order valence-electron chi connectivity index (χ2n) is 3.13. The van der Waals surface area contributed by atoms with Gasteiger partial charge in [0.1, 0.15) is 5.82 Å². The van der Waals surface area contributed by atoms with Crippen LogP contribution in [0.2, 0.25) is 5.02 Å². The minimum absolute atomic E-state index is 0.181. The van der Waals surface area contributed by atoms with Crippen molar-refractivity contribution in [2.24, 2.45) is 0 Å². The van der Waals surface area contributed by atoms with Crippen molar-refractivity contribution in [3.63, 3.8) is 0 Å². The third-order valence-electron chi connectivity index (χ3n) is 2.09. The smallest absolute Gasteiger partial charge is 0.230 e. The summed E-state index contributed by atoms with van der Waals surface area (Å²) in [6.07, 6.45) is 0. The first-order valence-corrected chi connectivity index (χ1v) is 4.64. The quantitative estimate of drug-likeness (QED) is 0.813. The topological polar surface area (TPSA) is 52.0 Å². The lowest BCUT2D eigenvalue weighted by molar-refractivity contribution is 0.431. The van der Waals surface area contributed by atoms with Crippen molar-refractivity contribution >= 4 is 17.5 Å². The fourth-order valence-corrected chi connectivity index (χ4v) is 1.67. The van der Waals surface area contributed by atoms with E-state index in [9.17, 15) is 4.39 Å². The number of anilines is 1. The number of aryl methyl sites for hydroxylation is 1. The lowest BCUT2D eigenvalue weighted by Gasteiger charge is -2.02. The van der Waals surface area contributed by atoms with Gasteiger partial charge in [-0.15, -0.1) is 0 Å². The number of hydrogen-bond donors (Lipinski definition) is 1. The Morgan fingerprint density at radius 1 is 1.47 bits per heavy atom. The molecule has 0 bridgehead atoms. The Morgan fingerprint density at radius 2 is 2.20 bits per heavy atom. The van der Waals surface area contributed by atoms with E-state index >= 15 is 0 Å². The zero-order valence-electron chi connectivity index (χ0n) is 7.92. The minimum Gasteiger partial charge on any atom is -0.367 e. The van der Waals surface area contributed by atoms with Gasteiger partial charge in [-0.3, -0.25) is 0 Å². The molecule has 0 spiro atoms. The van der Waals surface area contributed by atoms with Crippen molar-refractivity contribution < 1.29 is 8.91 Å². The van der Waals surface area contributed by atoms with E-state index in [1.165, 1.54) is 12.1 Å². The predicted molar refractivity (Wildman–Crippen MR) is 56.1 cm³/mol. The van der Waals surface area contributed by atoms with Gasteiger partial charge in [-0.2, -0.15) is 0 Å². The average Bonchev–Trinajstić information content (AvgIpc) is 2.48. The van der Waals surface area contributed by atoms with E-state index in [1.807, 2.05) is 0 Å². The van der Waals surface area contributed by atoms with Gasteiger partial charge in [0.15, 0.2) is 0 Å². The zero-order valence-corrected chi connectivity index (χ0v) is 8.68. The fourth-order valence-electron chi connectivity index (χ4n) is 1.41. The van der Waals surface area contributed by atoms with Gasteiger partial charge in [0.2, 0.25) is 5.88 Å². The molecule has 78 valence electrons. The van der Waals surface area contributed by atoms with Gasteiger partial charge in [0.05, 0.1) is 16.3 Å². The summed E-state index contributed by atoms with van der Waals surface area (Å²) in [5, 5.41) is 3.99. The second kappa shape index (κ2) is 3.55. The van der Waals surface area contributed by atoms with E-state index < -0.39 is 5.82 Å². The van der Waals surface area contributed by atoms with Gasteiger partial charge in [-0.1, -0.05) is 16.8 Å². The molecule has 0 unspecified atom stereocenters. The summed E-state index contributed by atoms with van der Waals surface area (Å²) in [5.41, 5.74) is 7.46. The molecular formula is C10H8ClFN2O. The van der Waals surface area contributed by atoms with Crippen LogP contribution >= 0.6 is 11.6 Å². The van der Waals surface area contributed by atoms with Gasteiger partial charge in [0, 0.05) is 5.56 Å². The highest BCUT2D eigenvalue weighted by molar-refractivity contribution is 6.33. The Kier molecular flexibility index (Phi) is 2.36. The molecule has 1 aromatic heterocycles. The van der Waals surface area contributed by atoms with Crippen LogP contribution in [0, 0.1) is 12.7 Å². The van der Waals surface area contributed by atoms with Gasteiger partial charge in [-0.05, 0) is 25.1 Å². The van der Waals surface area contributed by atoms with Gasteiger partial charge in [-0.25, -0.2) is 4.39 Å². The van der Waals surface area contributed by atoms with Crippen LogP contribution < -0.4 is 5.73 Å². The fraction of sp³-hybridized carbons (Fsp3) is 0.100. The van der Waals surface area contributed by atoms with Crippen LogP contribution in [0.25, 0.3) is 11.1 Å². The third kappa shape index (κ3) is 1.68. The van der Waals surface area contributed by atoms with E-state index in [1.54, 1.807) is 13.0 Å². The van der Waals surface area contributed by atoms with E-state index in [0.29, 0.717) is 16.8 Å². The maximum atomic E-state index is 12.8. The summed E-state index contributed by atoms with van der Waals surface area (Å²) in [5.74, 6) is -0.211. The molecule has 0 saturated carbocycles. The highest BCUT2D eigenvalue weighted by atomic mass is 35.5. The predicted octanol–water partition coefficient (Wildman–Crippen LogP) is 3.02.